The van der Waals surface area contributed by atoms with Crippen molar-refractivity contribution >= 4 is 5.91 Å². The van der Waals surface area contributed by atoms with Crippen molar-refractivity contribution in [2.24, 2.45) is 0 Å². The van der Waals surface area contributed by atoms with E-state index >= 15 is 0 Å². The number of hydrogen-bond donors (Lipinski definition) is 2. The number of amides is 1. The number of nitrogens with one attached hydrogen (secondary N) is 2. The maximum atomic E-state index is 11.9. The van der Waals surface area contributed by atoms with Crippen LogP contribution in [0.1, 0.15) is 39.3 Å². The van der Waals surface area contributed by atoms with Crippen LogP contribution in [0.4, 0.5) is 0 Å². The Morgan fingerprint density at radius 2 is 1.79 bits per heavy atom. The Hall–Kier alpha value is -1.55. The molecule has 0 aliphatic rings. The van der Waals surface area contributed by atoms with Gasteiger partial charge in [0.15, 0.2) is 0 Å². The topological polar surface area (TPSA) is 50.4 Å². The molecule has 0 spiro atoms. The maximum absolute atomic E-state index is 11.9. The molecule has 1 aromatic carbocycles. The van der Waals surface area contributed by atoms with Gasteiger partial charge in [-0.05, 0) is 33.8 Å². The van der Waals surface area contributed by atoms with Gasteiger partial charge in [-0.3, -0.25) is 10.1 Å². The van der Waals surface area contributed by atoms with Crippen molar-refractivity contribution in [3.63, 3.8) is 0 Å². The maximum Gasteiger partial charge on any atom is 0.237 e. The third-order valence-electron chi connectivity index (χ3n) is 2.93. The third-order valence-corrected chi connectivity index (χ3v) is 2.93. The van der Waals surface area contributed by atoms with Gasteiger partial charge in [0.2, 0.25) is 5.91 Å². The van der Waals surface area contributed by atoms with Crippen LogP contribution in [0.25, 0.3) is 0 Å². The number of para-hydroxylation sites is 1. The Balaban J connectivity index is 2.68. The molecule has 2 atom stereocenters. The van der Waals surface area contributed by atoms with E-state index in [4.69, 9.17) is 4.74 Å². The standard InChI is InChI=1S/C15H24N2O2/c1-10(2)16-15(18)12(4)17-11(3)13-8-6-7-9-14(13)19-5/h6-12,17H,1-5H3,(H,16,18)/t11-,12?/m0/s1. The van der Waals surface area contributed by atoms with Crippen LogP contribution in [0.5, 0.6) is 5.75 Å². The Morgan fingerprint density at radius 1 is 1.16 bits per heavy atom. The largest absolute Gasteiger partial charge is 0.496 e. The van der Waals surface area contributed by atoms with Crippen molar-refractivity contribution in [1.82, 2.24) is 10.6 Å². The predicted octanol–water partition coefficient (Wildman–Crippen LogP) is 2.26. The number of carbonyl (C=O) groups excluding carboxylic acids is 1. The van der Waals surface area contributed by atoms with E-state index in [2.05, 4.69) is 10.6 Å². The SMILES string of the molecule is COc1ccccc1[C@H](C)NC(C)C(=O)NC(C)C. The zero-order valence-electron chi connectivity index (χ0n) is 12.4. The molecule has 19 heavy (non-hydrogen) atoms. The number of hydrogen-bond acceptors (Lipinski definition) is 3. The fourth-order valence-corrected chi connectivity index (χ4v) is 1.97. The fraction of sp³-hybridized carbons (Fsp3) is 0.533. The molecule has 0 aliphatic carbocycles. The third kappa shape index (κ3) is 4.56. The summed E-state index contributed by atoms with van der Waals surface area (Å²) in [6.07, 6.45) is 0. The molecule has 1 amide bonds. The molecule has 0 saturated heterocycles. The first kappa shape index (κ1) is 15.5. The number of methoxy groups -OCH3 is 1. The zero-order valence-corrected chi connectivity index (χ0v) is 12.4. The number of benzene rings is 1. The molecular formula is C15H24N2O2. The molecule has 106 valence electrons. The molecule has 0 aromatic heterocycles. The minimum Gasteiger partial charge on any atom is -0.496 e. The monoisotopic (exact) mass is 264 g/mol. The first-order valence-electron chi connectivity index (χ1n) is 6.65. The molecule has 4 nitrogen and oxygen atoms in total. The fourth-order valence-electron chi connectivity index (χ4n) is 1.97. The lowest BCUT2D eigenvalue weighted by Crippen LogP contribution is -2.45. The first-order chi connectivity index (χ1) is 8.95. The van der Waals surface area contributed by atoms with Gasteiger partial charge in [-0.15, -0.1) is 0 Å². The van der Waals surface area contributed by atoms with Crippen molar-refractivity contribution in [1.29, 1.82) is 0 Å². The van der Waals surface area contributed by atoms with Crippen LogP contribution in [-0.4, -0.2) is 25.1 Å². The van der Waals surface area contributed by atoms with Crippen LogP contribution in [0.3, 0.4) is 0 Å². The number of rotatable bonds is 6. The summed E-state index contributed by atoms with van der Waals surface area (Å²) in [5.74, 6) is 0.843. The zero-order chi connectivity index (χ0) is 14.4. The Morgan fingerprint density at radius 3 is 2.37 bits per heavy atom. The van der Waals surface area contributed by atoms with E-state index in [-0.39, 0.29) is 24.0 Å². The van der Waals surface area contributed by atoms with Crippen LogP contribution >= 0.6 is 0 Å². The van der Waals surface area contributed by atoms with E-state index in [0.29, 0.717) is 0 Å². The highest BCUT2D eigenvalue weighted by atomic mass is 16.5. The van der Waals surface area contributed by atoms with Crippen molar-refractivity contribution in [2.45, 2.75) is 45.8 Å². The molecule has 0 heterocycles. The van der Waals surface area contributed by atoms with E-state index in [0.717, 1.165) is 11.3 Å². The van der Waals surface area contributed by atoms with Crippen LogP contribution < -0.4 is 15.4 Å². The van der Waals surface area contributed by atoms with Gasteiger partial charge in [0.25, 0.3) is 0 Å². The highest BCUT2D eigenvalue weighted by Crippen LogP contribution is 2.24. The summed E-state index contributed by atoms with van der Waals surface area (Å²) >= 11 is 0. The molecule has 2 N–H and O–H groups in total. The van der Waals surface area contributed by atoms with E-state index in [9.17, 15) is 4.79 Å². The highest BCUT2D eigenvalue weighted by molar-refractivity contribution is 5.81. The Labute approximate surface area is 115 Å². The summed E-state index contributed by atoms with van der Waals surface area (Å²) in [7, 11) is 1.65. The Kier molecular flexibility index (Phi) is 5.83. The number of ether oxygens (including phenoxy) is 1. The van der Waals surface area contributed by atoms with Gasteiger partial charge in [-0.25, -0.2) is 0 Å². The molecule has 0 radical (unpaired) electrons. The predicted molar refractivity (Wildman–Crippen MR) is 77.3 cm³/mol. The van der Waals surface area contributed by atoms with Gasteiger partial charge in [-0.1, -0.05) is 18.2 Å². The molecule has 0 fully saturated rings. The van der Waals surface area contributed by atoms with Gasteiger partial charge < -0.3 is 10.1 Å². The summed E-state index contributed by atoms with van der Waals surface area (Å²) in [6, 6.07) is 7.78. The van der Waals surface area contributed by atoms with Gasteiger partial charge >= 0.3 is 0 Å². The van der Waals surface area contributed by atoms with E-state index < -0.39 is 0 Å². The normalized spacial score (nSPS) is 14.0. The molecule has 1 unspecified atom stereocenters. The second-order valence-electron chi connectivity index (χ2n) is 5.02. The summed E-state index contributed by atoms with van der Waals surface area (Å²) in [5.41, 5.74) is 1.05. The quantitative estimate of drug-likeness (QED) is 0.828. The first-order valence-corrected chi connectivity index (χ1v) is 6.65. The summed E-state index contributed by atoms with van der Waals surface area (Å²) < 4.78 is 5.33. The summed E-state index contributed by atoms with van der Waals surface area (Å²) in [6.45, 7) is 7.79. The number of carbonyl (C=O) groups is 1. The van der Waals surface area contributed by atoms with Crippen molar-refractivity contribution in [2.75, 3.05) is 7.11 Å². The minimum atomic E-state index is -0.248. The second kappa shape index (κ2) is 7.14. The summed E-state index contributed by atoms with van der Waals surface area (Å²) in [4.78, 5) is 11.9. The molecule has 0 saturated carbocycles. The molecule has 0 aliphatic heterocycles. The average Bonchev–Trinajstić information content (AvgIpc) is 2.37. The van der Waals surface area contributed by atoms with Crippen LogP contribution in [0.15, 0.2) is 24.3 Å². The van der Waals surface area contributed by atoms with Crippen LogP contribution in [0.2, 0.25) is 0 Å². The van der Waals surface area contributed by atoms with Crippen LogP contribution in [-0.2, 0) is 4.79 Å². The van der Waals surface area contributed by atoms with E-state index in [1.807, 2.05) is 52.0 Å². The van der Waals surface area contributed by atoms with Gasteiger partial charge in [-0.2, -0.15) is 0 Å². The van der Waals surface area contributed by atoms with E-state index in [1.54, 1.807) is 7.11 Å². The molecule has 1 rings (SSSR count). The van der Waals surface area contributed by atoms with Crippen molar-refractivity contribution in [3.05, 3.63) is 29.8 Å². The summed E-state index contributed by atoms with van der Waals surface area (Å²) in [5, 5.41) is 6.18. The van der Waals surface area contributed by atoms with Crippen molar-refractivity contribution < 1.29 is 9.53 Å². The molecule has 0 bridgehead atoms. The van der Waals surface area contributed by atoms with Gasteiger partial charge in [0, 0.05) is 17.6 Å². The van der Waals surface area contributed by atoms with E-state index in [1.165, 1.54) is 0 Å². The van der Waals surface area contributed by atoms with Crippen molar-refractivity contribution in [3.8, 4) is 5.75 Å². The molecule has 1 aromatic rings. The van der Waals surface area contributed by atoms with Gasteiger partial charge in [0.05, 0.1) is 13.2 Å². The van der Waals surface area contributed by atoms with Gasteiger partial charge in [0.1, 0.15) is 5.75 Å². The lowest BCUT2D eigenvalue weighted by Gasteiger charge is -2.22. The second-order valence-corrected chi connectivity index (χ2v) is 5.02. The minimum absolute atomic E-state index is 0.0109. The lowest BCUT2D eigenvalue weighted by molar-refractivity contribution is -0.123. The molecular weight excluding hydrogens is 240 g/mol. The molecule has 4 heteroatoms. The lowest BCUT2D eigenvalue weighted by atomic mass is 10.1. The average molecular weight is 264 g/mol. The smallest absolute Gasteiger partial charge is 0.237 e. The highest BCUT2D eigenvalue weighted by Gasteiger charge is 2.18. The van der Waals surface area contributed by atoms with Crippen LogP contribution in [0, 0.1) is 0 Å². The Bertz CT molecular complexity index is 418.